The highest BCUT2D eigenvalue weighted by molar-refractivity contribution is 5.17. The molecule has 1 heterocycles. The van der Waals surface area contributed by atoms with Crippen LogP contribution in [0.4, 0.5) is 0 Å². The molecule has 4 heteroatoms. The monoisotopic (exact) mass is 265 g/mol. The van der Waals surface area contributed by atoms with Crippen molar-refractivity contribution in [1.82, 2.24) is 14.9 Å². The van der Waals surface area contributed by atoms with Crippen LogP contribution < -0.4 is 5.32 Å². The van der Waals surface area contributed by atoms with Crippen LogP contribution in [0.1, 0.15) is 44.1 Å². The summed E-state index contributed by atoms with van der Waals surface area (Å²) in [5.41, 5.74) is 2.73. The molecule has 1 atom stereocenters. The third kappa shape index (κ3) is 3.80. The summed E-state index contributed by atoms with van der Waals surface area (Å²) in [7, 11) is 1.78. The molecule has 1 aliphatic carbocycles. The van der Waals surface area contributed by atoms with Crippen molar-refractivity contribution < 1.29 is 4.74 Å². The second-order valence-electron chi connectivity index (χ2n) is 5.91. The molecule has 19 heavy (non-hydrogen) atoms. The topological polar surface area (TPSA) is 39.1 Å². The molecule has 1 aromatic heterocycles. The first-order valence-electron chi connectivity index (χ1n) is 7.46. The van der Waals surface area contributed by atoms with Crippen molar-refractivity contribution >= 4 is 0 Å². The van der Waals surface area contributed by atoms with Crippen LogP contribution in [0.5, 0.6) is 0 Å². The fraction of sp³-hybridized carbons (Fsp3) is 0.800. The number of aromatic nitrogens is 2. The summed E-state index contributed by atoms with van der Waals surface area (Å²) in [5.74, 6) is 0.680. The Kier molecular flexibility index (Phi) is 5.40. The van der Waals surface area contributed by atoms with Crippen molar-refractivity contribution in [3.05, 3.63) is 17.7 Å². The number of hydrogen-bond donors (Lipinski definition) is 1. The van der Waals surface area contributed by atoms with E-state index in [4.69, 9.17) is 4.74 Å². The Morgan fingerprint density at radius 3 is 2.84 bits per heavy atom. The first-order chi connectivity index (χ1) is 9.22. The Morgan fingerprint density at radius 2 is 2.11 bits per heavy atom. The molecule has 0 spiro atoms. The van der Waals surface area contributed by atoms with Gasteiger partial charge in [-0.05, 0) is 38.1 Å². The number of ether oxygens (including phenoxy) is 1. The minimum atomic E-state index is 0.359. The largest absolute Gasteiger partial charge is 0.382 e. The van der Waals surface area contributed by atoms with E-state index >= 15 is 0 Å². The predicted octanol–water partition coefficient (Wildman–Crippen LogP) is 2.19. The van der Waals surface area contributed by atoms with Gasteiger partial charge in [0.05, 0.1) is 24.7 Å². The fourth-order valence-electron chi connectivity index (χ4n) is 2.78. The number of imidazole rings is 1. The lowest BCUT2D eigenvalue weighted by Gasteiger charge is -2.23. The number of nitrogens with zero attached hydrogens (tertiary/aromatic N) is 2. The SMILES string of the molecule is COCC(CNCC(C)C)n1cnc2c1CCCC2. The van der Waals surface area contributed by atoms with E-state index < -0.39 is 0 Å². The quantitative estimate of drug-likeness (QED) is 0.821. The minimum absolute atomic E-state index is 0.359. The Hall–Kier alpha value is -0.870. The first kappa shape index (κ1) is 14.5. The zero-order valence-corrected chi connectivity index (χ0v) is 12.5. The van der Waals surface area contributed by atoms with Crippen molar-refractivity contribution in [3.8, 4) is 0 Å². The minimum Gasteiger partial charge on any atom is -0.382 e. The fourth-order valence-corrected chi connectivity index (χ4v) is 2.78. The van der Waals surface area contributed by atoms with Crippen LogP contribution in [0, 0.1) is 5.92 Å². The predicted molar refractivity (Wildman–Crippen MR) is 77.5 cm³/mol. The molecule has 1 aromatic rings. The zero-order valence-electron chi connectivity index (χ0n) is 12.5. The maximum atomic E-state index is 5.39. The summed E-state index contributed by atoms with van der Waals surface area (Å²) in [5, 5.41) is 3.54. The Balaban J connectivity index is 2.03. The summed E-state index contributed by atoms with van der Waals surface area (Å²) >= 11 is 0. The first-order valence-corrected chi connectivity index (χ1v) is 7.46. The smallest absolute Gasteiger partial charge is 0.0955 e. The van der Waals surface area contributed by atoms with Gasteiger partial charge in [0.2, 0.25) is 0 Å². The molecular formula is C15H27N3O. The molecule has 108 valence electrons. The average Bonchev–Trinajstić information content (AvgIpc) is 2.81. The van der Waals surface area contributed by atoms with Crippen LogP contribution in [-0.2, 0) is 17.6 Å². The van der Waals surface area contributed by atoms with Crippen molar-refractivity contribution in [2.24, 2.45) is 5.92 Å². The van der Waals surface area contributed by atoms with E-state index in [-0.39, 0.29) is 0 Å². The van der Waals surface area contributed by atoms with Crippen molar-refractivity contribution in [1.29, 1.82) is 0 Å². The van der Waals surface area contributed by atoms with E-state index in [2.05, 4.69) is 28.7 Å². The highest BCUT2D eigenvalue weighted by Gasteiger charge is 2.20. The van der Waals surface area contributed by atoms with Gasteiger partial charge in [-0.25, -0.2) is 4.98 Å². The standard InChI is InChI=1S/C15H27N3O/c1-12(2)8-16-9-13(10-19-3)18-11-17-14-6-4-5-7-15(14)18/h11-13,16H,4-10H2,1-3H3. The van der Waals surface area contributed by atoms with Crippen molar-refractivity contribution in [2.75, 3.05) is 26.8 Å². The van der Waals surface area contributed by atoms with Gasteiger partial charge in [-0.2, -0.15) is 0 Å². The Labute approximate surface area is 116 Å². The van der Waals surface area contributed by atoms with E-state index in [1.165, 1.54) is 30.7 Å². The molecule has 1 N–H and O–H groups in total. The number of rotatable bonds is 7. The lowest BCUT2D eigenvalue weighted by atomic mass is 10.0. The maximum absolute atomic E-state index is 5.39. The summed E-state index contributed by atoms with van der Waals surface area (Å²) in [6.07, 6.45) is 6.89. The van der Waals surface area contributed by atoms with Gasteiger partial charge in [0.1, 0.15) is 0 Å². The molecule has 4 nitrogen and oxygen atoms in total. The summed E-state index contributed by atoms with van der Waals surface area (Å²) in [6, 6.07) is 0.359. The lowest BCUT2D eigenvalue weighted by molar-refractivity contribution is 0.152. The van der Waals surface area contributed by atoms with Crippen LogP contribution in [0.2, 0.25) is 0 Å². The van der Waals surface area contributed by atoms with Gasteiger partial charge in [0, 0.05) is 19.3 Å². The summed E-state index contributed by atoms with van der Waals surface area (Å²) < 4.78 is 7.73. The molecular weight excluding hydrogens is 238 g/mol. The normalized spacial score (nSPS) is 16.6. The van der Waals surface area contributed by atoms with Gasteiger partial charge in [0.25, 0.3) is 0 Å². The Bertz CT molecular complexity index is 387. The molecule has 0 radical (unpaired) electrons. The van der Waals surface area contributed by atoms with Gasteiger partial charge in [-0.15, -0.1) is 0 Å². The number of nitrogens with one attached hydrogen (secondary N) is 1. The number of methoxy groups -OCH3 is 1. The highest BCUT2D eigenvalue weighted by atomic mass is 16.5. The third-order valence-corrected chi connectivity index (χ3v) is 3.74. The molecule has 0 aliphatic heterocycles. The van der Waals surface area contributed by atoms with Crippen LogP contribution in [0.25, 0.3) is 0 Å². The Morgan fingerprint density at radius 1 is 1.32 bits per heavy atom. The van der Waals surface area contributed by atoms with Crippen molar-refractivity contribution in [3.63, 3.8) is 0 Å². The maximum Gasteiger partial charge on any atom is 0.0955 e. The molecule has 0 amide bonds. The zero-order chi connectivity index (χ0) is 13.7. The second-order valence-corrected chi connectivity index (χ2v) is 5.91. The van der Waals surface area contributed by atoms with Gasteiger partial charge >= 0.3 is 0 Å². The molecule has 0 saturated carbocycles. The molecule has 1 aliphatic rings. The molecule has 0 saturated heterocycles. The van der Waals surface area contributed by atoms with Gasteiger partial charge in [0.15, 0.2) is 0 Å². The van der Waals surface area contributed by atoms with Crippen LogP contribution in [0.3, 0.4) is 0 Å². The molecule has 0 bridgehead atoms. The van der Waals surface area contributed by atoms with Crippen LogP contribution in [-0.4, -0.2) is 36.4 Å². The summed E-state index contributed by atoms with van der Waals surface area (Å²) in [6.45, 7) is 7.22. The second kappa shape index (κ2) is 7.06. The van der Waals surface area contributed by atoms with E-state index in [1.807, 2.05) is 6.33 Å². The highest BCUT2D eigenvalue weighted by Crippen LogP contribution is 2.23. The number of fused-ring (bicyclic) bond motifs is 1. The molecule has 0 fully saturated rings. The number of hydrogen-bond acceptors (Lipinski definition) is 3. The third-order valence-electron chi connectivity index (χ3n) is 3.74. The van der Waals surface area contributed by atoms with Crippen LogP contribution in [0.15, 0.2) is 6.33 Å². The van der Waals surface area contributed by atoms with Gasteiger partial charge in [-0.1, -0.05) is 13.8 Å². The van der Waals surface area contributed by atoms with Crippen LogP contribution >= 0.6 is 0 Å². The molecule has 0 aromatic carbocycles. The van der Waals surface area contributed by atoms with E-state index in [9.17, 15) is 0 Å². The molecule has 2 rings (SSSR count). The molecule has 1 unspecified atom stereocenters. The van der Waals surface area contributed by atoms with E-state index in [0.29, 0.717) is 12.0 Å². The van der Waals surface area contributed by atoms with E-state index in [0.717, 1.165) is 26.1 Å². The lowest BCUT2D eigenvalue weighted by Crippen LogP contribution is -2.31. The van der Waals surface area contributed by atoms with E-state index in [1.54, 1.807) is 7.11 Å². The summed E-state index contributed by atoms with van der Waals surface area (Å²) in [4.78, 5) is 4.58. The number of aryl methyl sites for hydroxylation is 1. The van der Waals surface area contributed by atoms with Crippen molar-refractivity contribution in [2.45, 2.75) is 45.6 Å². The van der Waals surface area contributed by atoms with Gasteiger partial charge in [-0.3, -0.25) is 0 Å². The average molecular weight is 265 g/mol. The van der Waals surface area contributed by atoms with Gasteiger partial charge < -0.3 is 14.6 Å².